The van der Waals surface area contributed by atoms with Gasteiger partial charge in [0, 0.05) is 0 Å². The fraction of sp³-hybridized carbons (Fsp3) is 0.867. The standard InChI is InChI=1S/C15H28/c1-13(2)8-6-10-15(5)11-7-9-14(3,4)12-15/h8H,6-7,9-12H2,1-5H3/t15-/m1/s1. The molecule has 0 aromatic rings. The van der Waals surface area contributed by atoms with Gasteiger partial charge in [-0.3, -0.25) is 0 Å². The van der Waals surface area contributed by atoms with Gasteiger partial charge in [0.1, 0.15) is 0 Å². The Morgan fingerprint density at radius 2 is 1.80 bits per heavy atom. The summed E-state index contributed by atoms with van der Waals surface area (Å²) in [4.78, 5) is 0. The summed E-state index contributed by atoms with van der Waals surface area (Å²) in [5, 5.41) is 0. The molecule has 1 saturated carbocycles. The quantitative estimate of drug-likeness (QED) is 0.549. The van der Waals surface area contributed by atoms with Crippen LogP contribution in [0, 0.1) is 10.8 Å². The maximum absolute atomic E-state index is 2.49. The molecular weight excluding hydrogens is 180 g/mol. The smallest absolute Gasteiger partial charge is 0.0318 e. The van der Waals surface area contributed by atoms with E-state index in [4.69, 9.17) is 0 Å². The third-order valence-corrected chi connectivity index (χ3v) is 3.84. The molecule has 1 rings (SSSR count). The van der Waals surface area contributed by atoms with Gasteiger partial charge in [-0.05, 0) is 56.8 Å². The lowest BCUT2D eigenvalue weighted by molar-refractivity contribution is 0.0920. The minimum atomic E-state index is 0.581. The lowest BCUT2D eigenvalue weighted by Crippen LogP contribution is -2.30. The molecule has 0 nitrogen and oxygen atoms in total. The lowest BCUT2D eigenvalue weighted by Gasteiger charge is -2.43. The van der Waals surface area contributed by atoms with Crippen molar-refractivity contribution in [2.75, 3.05) is 0 Å². The number of hydrogen-bond donors (Lipinski definition) is 0. The van der Waals surface area contributed by atoms with Gasteiger partial charge in [0.05, 0.1) is 0 Å². The summed E-state index contributed by atoms with van der Waals surface area (Å²) in [7, 11) is 0. The van der Waals surface area contributed by atoms with Crippen molar-refractivity contribution in [3.63, 3.8) is 0 Å². The van der Waals surface area contributed by atoms with Gasteiger partial charge in [0.25, 0.3) is 0 Å². The van der Waals surface area contributed by atoms with Gasteiger partial charge < -0.3 is 0 Å². The molecule has 15 heavy (non-hydrogen) atoms. The highest BCUT2D eigenvalue weighted by Gasteiger charge is 2.35. The molecule has 0 heterocycles. The second-order valence-corrected chi connectivity index (χ2v) is 6.83. The van der Waals surface area contributed by atoms with Crippen LogP contribution in [0.1, 0.15) is 73.1 Å². The molecule has 1 aliphatic rings. The Labute approximate surface area is 96.2 Å². The van der Waals surface area contributed by atoms with Crippen LogP contribution in [0.4, 0.5) is 0 Å². The van der Waals surface area contributed by atoms with Crippen LogP contribution in [0.15, 0.2) is 11.6 Å². The molecule has 0 bridgehead atoms. The van der Waals surface area contributed by atoms with Gasteiger partial charge in [0.2, 0.25) is 0 Å². The lowest BCUT2D eigenvalue weighted by atomic mass is 9.63. The molecule has 0 aliphatic heterocycles. The fourth-order valence-electron chi connectivity index (χ4n) is 3.25. The average molecular weight is 208 g/mol. The van der Waals surface area contributed by atoms with Gasteiger partial charge in [-0.2, -0.15) is 0 Å². The molecule has 0 unspecified atom stereocenters. The highest BCUT2D eigenvalue weighted by molar-refractivity contribution is 4.95. The zero-order chi connectivity index (χ0) is 11.5. The van der Waals surface area contributed by atoms with E-state index in [2.05, 4.69) is 40.7 Å². The molecule has 1 atom stereocenters. The molecule has 0 spiro atoms. The van der Waals surface area contributed by atoms with E-state index in [1.807, 2.05) is 0 Å². The summed E-state index contributed by atoms with van der Waals surface area (Å²) in [5.74, 6) is 0. The van der Waals surface area contributed by atoms with Gasteiger partial charge in [-0.1, -0.05) is 38.8 Å². The average Bonchev–Trinajstić information content (AvgIpc) is 1.99. The van der Waals surface area contributed by atoms with Crippen molar-refractivity contribution in [2.24, 2.45) is 10.8 Å². The van der Waals surface area contributed by atoms with Crippen molar-refractivity contribution in [1.82, 2.24) is 0 Å². The number of rotatable bonds is 3. The summed E-state index contributed by atoms with van der Waals surface area (Å²) in [6.07, 6.45) is 10.7. The molecule has 0 N–H and O–H groups in total. The molecule has 0 saturated heterocycles. The van der Waals surface area contributed by atoms with E-state index in [-0.39, 0.29) is 0 Å². The minimum absolute atomic E-state index is 0.581. The Bertz CT molecular complexity index is 230. The third-order valence-electron chi connectivity index (χ3n) is 3.84. The van der Waals surface area contributed by atoms with Gasteiger partial charge >= 0.3 is 0 Å². The van der Waals surface area contributed by atoms with E-state index in [1.165, 1.54) is 44.1 Å². The topological polar surface area (TPSA) is 0 Å². The van der Waals surface area contributed by atoms with Gasteiger partial charge in [0.15, 0.2) is 0 Å². The Morgan fingerprint density at radius 1 is 1.13 bits per heavy atom. The van der Waals surface area contributed by atoms with Crippen LogP contribution in [0.5, 0.6) is 0 Å². The molecule has 1 fully saturated rings. The van der Waals surface area contributed by atoms with Crippen LogP contribution < -0.4 is 0 Å². The molecule has 0 heteroatoms. The van der Waals surface area contributed by atoms with E-state index in [0.29, 0.717) is 10.8 Å². The summed E-state index contributed by atoms with van der Waals surface area (Å²) in [5.41, 5.74) is 2.65. The second-order valence-electron chi connectivity index (χ2n) is 6.83. The first-order valence-electron chi connectivity index (χ1n) is 6.46. The molecule has 0 amide bonds. The number of allylic oxidation sites excluding steroid dienone is 2. The Hall–Kier alpha value is -0.260. The highest BCUT2D eigenvalue weighted by atomic mass is 14.4. The third kappa shape index (κ3) is 4.40. The highest BCUT2D eigenvalue weighted by Crippen LogP contribution is 2.48. The van der Waals surface area contributed by atoms with Crippen molar-refractivity contribution in [2.45, 2.75) is 73.1 Å². The molecular formula is C15H28. The van der Waals surface area contributed by atoms with Crippen molar-refractivity contribution in [1.29, 1.82) is 0 Å². The first-order valence-corrected chi connectivity index (χ1v) is 6.46. The van der Waals surface area contributed by atoms with Crippen molar-refractivity contribution < 1.29 is 0 Å². The molecule has 0 aromatic heterocycles. The molecule has 1 aliphatic carbocycles. The molecule has 88 valence electrons. The Morgan fingerprint density at radius 3 is 2.33 bits per heavy atom. The van der Waals surface area contributed by atoms with Crippen LogP contribution in [-0.4, -0.2) is 0 Å². The summed E-state index contributed by atoms with van der Waals surface area (Å²) in [6, 6.07) is 0. The molecule has 0 aromatic carbocycles. The first kappa shape index (κ1) is 12.8. The first-order chi connectivity index (χ1) is 6.83. The maximum atomic E-state index is 2.49. The van der Waals surface area contributed by atoms with Gasteiger partial charge in [-0.15, -0.1) is 0 Å². The van der Waals surface area contributed by atoms with Crippen LogP contribution in [-0.2, 0) is 0 Å². The van der Waals surface area contributed by atoms with Gasteiger partial charge in [-0.25, -0.2) is 0 Å². The summed E-state index contributed by atoms with van der Waals surface area (Å²) in [6.45, 7) is 11.8. The zero-order valence-corrected chi connectivity index (χ0v) is 11.3. The normalized spacial score (nSPS) is 29.9. The van der Waals surface area contributed by atoms with Crippen LogP contribution in [0.3, 0.4) is 0 Å². The maximum Gasteiger partial charge on any atom is -0.0318 e. The van der Waals surface area contributed by atoms with Crippen molar-refractivity contribution in [3.8, 4) is 0 Å². The zero-order valence-electron chi connectivity index (χ0n) is 11.3. The molecule has 0 radical (unpaired) electrons. The van der Waals surface area contributed by atoms with Crippen LogP contribution in [0.2, 0.25) is 0 Å². The van der Waals surface area contributed by atoms with Crippen molar-refractivity contribution >= 4 is 0 Å². The van der Waals surface area contributed by atoms with Crippen molar-refractivity contribution in [3.05, 3.63) is 11.6 Å². The Kier molecular flexibility index (Phi) is 4.03. The minimum Gasteiger partial charge on any atom is -0.0859 e. The van der Waals surface area contributed by atoms with E-state index in [0.717, 1.165) is 0 Å². The summed E-state index contributed by atoms with van der Waals surface area (Å²) < 4.78 is 0. The monoisotopic (exact) mass is 208 g/mol. The van der Waals surface area contributed by atoms with Crippen LogP contribution >= 0.6 is 0 Å². The van der Waals surface area contributed by atoms with E-state index in [1.54, 1.807) is 0 Å². The largest absolute Gasteiger partial charge is 0.0859 e. The van der Waals surface area contributed by atoms with E-state index < -0.39 is 0 Å². The predicted molar refractivity (Wildman–Crippen MR) is 69.0 cm³/mol. The second kappa shape index (κ2) is 4.72. The van der Waals surface area contributed by atoms with E-state index in [9.17, 15) is 0 Å². The Balaban J connectivity index is 2.48. The number of hydrogen-bond acceptors (Lipinski definition) is 0. The summed E-state index contributed by atoms with van der Waals surface area (Å²) >= 11 is 0. The SMILES string of the molecule is CC(C)=CCC[C@]1(C)CCCC(C)(C)C1. The fourth-order valence-corrected chi connectivity index (χ4v) is 3.25. The van der Waals surface area contributed by atoms with Crippen LogP contribution in [0.25, 0.3) is 0 Å². The predicted octanol–water partition coefficient (Wildman–Crippen LogP) is 5.34. The van der Waals surface area contributed by atoms with E-state index >= 15 is 0 Å².